The molecule has 2 aromatic carbocycles. The van der Waals surface area contributed by atoms with E-state index in [9.17, 15) is 9.59 Å². The first kappa shape index (κ1) is 21.9. The number of pyridine rings is 1. The lowest BCUT2D eigenvalue weighted by atomic mass is 9.80. The number of hydrogen-bond donors (Lipinski definition) is 1. The summed E-state index contributed by atoms with van der Waals surface area (Å²) in [6.45, 7) is 5.97. The monoisotopic (exact) mass is 453 g/mol. The van der Waals surface area contributed by atoms with E-state index in [1.54, 1.807) is 18.3 Å². The molecule has 0 fully saturated rings. The van der Waals surface area contributed by atoms with Crippen LogP contribution in [-0.2, 0) is 22.2 Å². The summed E-state index contributed by atoms with van der Waals surface area (Å²) >= 11 is 0. The van der Waals surface area contributed by atoms with Gasteiger partial charge in [-0.2, -0.15) is 0 Å². The maximum absolute atomic E-state index is 13.2. The molecule has 172 valence electrons. The van der Waals surface area contributed by atoms with Crippen molar-refractivity contribution in [3.05, 3.63) is 94.4 Å². The predicted octanol–water partition coefficient (Wildman–Crippen LogP) is 5.39. The van der Waals surface area contributed by atoms with E-state index in [1.165, 1.54) is 0 Å². The molecule has 0 aliphatic carbocycles. The molecule has 1 aliphatic heterocycles. The van der Waals surface area contributed by atoms with Crippen molar-refractivity contribution in [1.82, 2.24) is 9.55 Å². The molecule has 1 atom stereocenters. The Kier molecular flexibility index (Phi) is 5.24. The lowest BCUT2D eigenvalue weighted by Gasteiger charge is -2.31. The Labute approximate surface area is 198 Å². The van der Waals surface area contributed by atoms with Crippen LogP contribution < -0.4 is 5.32 Å². The second-order valence-corrected chi connectivity index (χ2v) is 8.85. The second-order valence-electron chi connectivity index (χ2n) is 8.85. The summed E-state index contributed by atoms with van der Waals surface area (Å²) in [5.41, 5.74) is 4.80. The number of fused-ring (bicyclic) bond motifs is 2. The van der Waals surface area contributed by atoms with Crippen molar-refractivity contribution in [2.45, 2.75) is 39.2 Å². The van der Waals surface area contributed by atoms with Gasteiger partial charge in [0.1, 0.15) is 5.69 Å². The van der Waals surface area contributed by atoms with Gasteiger partial charge in [-0.1, -0.05) is 37.3 Å². The van der Waals surface area contributed by atoms with Gasteiger partial charge in [0.05, 0.1) is 5.56 Å². The molecule has 6 heteroatoms. The van der Waals surface area contributed by atoms with Crippen molar-refractivity contribution in [3.63, 3.8) is 0 Å². The van der Waals surface area contributed by atoms with Gasteiger partial charge in [-0.15, -0.1) is 0 Å². The third-order valence-electron chi connectivity index (χ3n) is 6.66. The van der Waals surface area contributed by atoms with Crippen LogP contribution in [0.5, 0.6) is 0 Å². The lowest BCUT2D eigenvalue weighted by molar-refractivity contribution is -0.116. The molecule has 1 amide bonds. The van der Waals surface area contributed by atoms with Crippen LogP contribution in [0.1, 0.15) is 58.2 Å². The molecule has 1 aliphatic rings. The number of aromatic nitrogens is 2. The first-order valence-electron chi connectivity index (χ1n) is 11.5. The van der Waals surface area contributed by atoms with E-state index in [4.69, 9.17) is 4.74 Å². The minimum atomic E-state index is -1.30. The van der Waals surface area contributed by atoms with E-state index in [2.05, 4.69) is 20.9 Å². The number of nitrogens with one attached hydrogen (secondary N) is 1. The molecule has 4 aromatic rings. The normalized spacial score (nSPS) is 17.0. The maximum Gasteiger partial charge on any atom is 0.341 e. The fourth-order valence-electron chi connectivity index (χ4n) is 5.05. The van der Waals surface area contributed by atoms with E-state index in [-0.39, 0.29) is 5.91 Å². The van der Waals surface area contributed by atoms with Crippen molar-refractivity contribution < 1.29 is 14.3 Å². The maximum atomic E-state index is 13.2. The molecule has 1 N–H and O–H groups in total. The Morgan fingerprint density at radius 3 is 2.71 bits per heavy atom. The van der Waals surface area contributed by atoms with Crippen molar-refractivity contribution >= 4 is 28.5 Å². The summed E-state index contributed by atoms with van der Waals surface area (Å²) in [6, 6.07) is 17.4. The summed E-state index contributed by atoms with van der Waals surface area (Å²) in [7, 11) is 2.00. The van der Waals surface area contributed by atoms with Crippen LogP contribution in [-0.4, -0.2) is 21.4 Å². The molecular weight excluding hydrogens is 426 g/mol. The molecule has 6 nitrogen and oxygen atoms in total. The molecule has 0 saturated carbocycles. The third kappa shape index (κ3) is 3.13. The van der Waals surface area contributed by atoms with Crippen LogP contribution >= 0.6 is 0 Å². The van der Waals surface area contributed by atoms with Crippen LogP contribution in [0.3, 0.4) is 0 Å². The largest absolute Gasteiger partial charge is 0.439 e. The number of esters is 1. The number of cyclic esters (lactones) is 1. The highest BCUT2D eigenvalue weighted by molar-refractivity contribution is 5.99. The van der Waals surface area contributed by atoms with E-state index in [1.807, 2.05) is 64.2 Å². The van der Waals surface area contributed by atoms with Gasteiger partial charge in [0, 0.05) is 53.1 Å². The minimum absolute atomic E-state index is 0.0790. The topological polar surface area (TPSA) is 73.2 Å². The first-order chi connectivity index (χ1) is 16.4. The Morgan fingerprint density at radius 2 is 1.91 bits per heavy atom. The number of anilines is 1. The molecule has 0 radical (unpaired) electrons. The van der Waals surface area contributed by atoms with Gasteiger partial charge in [0.2, 0.25) is 11.5 Å². The number of aryl methyl sites for hydroxylation is 2. The fourth-order valence-corrected chi connectivity index (χ4v) is 5.05. The zero-order valence-electron chi connectivity index (χ0n) is 19.8. The smallest absolute Gasteiger partial charge is 0.341 e. The van der Waals surface area contributed by atoms with E-state index in [0.717, 1.165) is 34.1 Å². The van der Waals surface area contributed by atoms with Crippen LogP contribution in [0.15, 0.2) is 60.8 Å². The number of para-hydroxylation sites is 1. The van der Waals surface area contributed by atoms with Crippen LogP contribution in [0.4, 0.5) is 5.69 Å². The van der Waals surface area contributed by atoms with Gasteiger partial charge in [-0.25, -0.2) is 4.79 Å². The molecule has 3 heterocycles. The quantitative estimate of drug-likeness (QED) is 0.411. The summed E-state index contributed by atoms with van der Waals surface area (Å²) < 4.78 is 8.45. The number of hydrogen-bond acceptors (Lipinski definition) is 4. The van der Waals surface area contributed by atoms with Gasteiger partial charge in [0.15, 0.2) is 0 Å². The summed E-state index contributed by atoms with van der Waals surface area (Å²) in [5.74, 6) is -0.508. The average Bonchev–Trinajstić information content (AvgIpc) is 3.26. The number of carbonyl (C=O) groups is 2. The van der Waals surface area contributed by atoms with Crippen molar-refractivity contribution in [2.75, 3.05) is 5.32 Å². The number of carbonyl (C=O) groups excluding carboxylic acids is 2. The SMILES string of the molecule is CCCC(=O)Nc1cc(C)ccc1C1(c2c(C)n(C)c3ccccc23)OC(=O)c2cccnc21. The van der Waals surface area contributed by atoms with Crippen molar-refractivity contribution in [1.29, 1.82) is 0 Å². The fraction of sp³-hybridized carbons (Fsp3) is 0.250. The predicted molar refractivity (Wildman–Crippen MR) is 132 cm³/mol. The highest BCUT2D eigenvalue weighted by atomic mass is 16.6. The van der Waals surface area contributed by atoms with Gasteiger partial charge >= 0.3 is 5.97 Å². The van der Waals surface area contributed by atoms with Gasteiger partial charge < -0.3 is 14.6 Å². The van der Waals surface area contributed by atoms with Crippen LogP contribution in [0.2, 0.25) is 0 Å². The molecule has 0 bridgehead atoms. The zero-order valence-corrected chi connectivity index (χ0v) is 19.8. The van der Waals surface area contributed by atoms with Crippen LogP contribution in [0.25, 0.3) is 10.9 Å². The number of rotatable bonds is 5. The second kappa shape index (κ2) is 8.13. The molecule has 1 unspecified atom stereocenters. The lowest BCUT2D eigenvalue weighted by Crippen LogP contribution is -2.33. The summed E-state index contributed by atoms with van der Waals surface area (Å²) in [6.07, 6.45) is 2.82. The highest BCUT2D eigenvalue weighted by Gasteiger charge is 2.53. The summed E-state index contributed by atoms with van der Waals surface area (Å²) in [5, 5.41) is 4.05. The van der Waals surface area contributed by atoms with Crippen molar-refractivity contribution in [3.8, 4) is 0 Å². The number of nitrogens with zero attached hydrogens (tertiary/aromatic N) is 2. The molecule has 0 spiro atoms. The molecule has 34 heavy (non-hydrogen) atoms. The molecule has 2 aromatic heterocycles. The van der Waals surface area contributed by atoms with E-state index < -0.39 is 11.6 Å². The zero-order chi connectivity index (χ0) is 24.0. The minimum Gasteiger partial charge on any atom is -0.439 e. The number of ether oxygens (including phenoxy) is 1. The Balaban J connectivity index is 1.89. The molecule has 0 saturated heterocycles. The van der Waals surface area contributed by atoms with Crippen molar-refractivity contribution in [2.24, 2.45) is 7.05 Å². The average molecular weight is 454 g/mol. The summed E-state index contributed by atoms with van der Waals surface area (Å²) in [4.78, 5) is 30.6. The number of amides is 1. The van der Waals surface area contributed by atoms with E-state index in [0.29, 0.717) is 28.9 Å². The van der Waals surface area contributed by atoms with Gasteiger partial charge in [0.25, 0.3) is 0 Å². The van der Waals surface area contributed by atoms with Crippen LogP contribution in [0, 0.1) is 13.8 Å². The Bertz CT molecular complexity index is 1450. The van der Waals surface area contributed by atoms with Gasteiger partial charge in [-0.05, 0) is 50.1 Å². The third-order valence-corrected chi connectivity index (χ3v) is 6.66. The molecular formula is C28H27N3O3. The van der Waals surface area contributed by atoms with Gasteiger partial charge in [-0.3, -0.25) is 9.78 Å². The number of benzene rings is 2. The Morgan fingerprint density at radius 1 is 1.12 bits per heavy atom. The molecule has 5 rings (SSSR count). The Hall–Kier alpha value is -3.93. The first-order valence-corrected chi connectivity index (χ1v) is 11.5. The highest BCUT2D eigenvalue weighted by Crippen LogP contribution is 2.51. The standard InChI is InChI=1S/C28H27N3O3/c1-5-9-24(32)30-22-16-17(2)13-14-21(22)28(26-20(27(33)34-28)11-8-15-29-26)25-18(3)31(4)23-12-7-6-10-19(23)25/h6-8,10-16H,5,9H2,1-4H3,(H,30,32). The van der Waals surface area contributed by atoms with E-state index >= 15 is 0 Å².